The van der Waals surface area contributed by atoms with Crippen LogP contribution in [0.15, 0.2) is 40.6 Å². The maximum absolute atomic E-state index is 11.8. The van der Waals surface area contributed by atoms with Gasteiger partial charge >= 0.3 is 5.97 Å². The van der Waals surface area contributed by atoms with Crippen LogP contribution in [0.4, 0.5) is 0 Å². The number of carbonyl (C=O) groups is 2. The average Bonchev–Trinajstić information content (AvgIpc) is 2.97. The minimum absolute atomic E-state index is 0.0640. The lowest BCUT2D eigenvalue weighted by atomic mass is 10.1. The summed E-state index contributed by atoms with van der Waals surface area (Å²) in [6.45, 7) is 2.29. The van der Waals surface area contributed by atoms with Gasteiger partial charge in [-0.05, 0) is 36.1 Å². The molecule has 0 aliphatic rings. The van der Waals surface area contributed by atoms with E-state index < -0.39 is 5.97 Å². The molecule has 0 aliphatic carbocycles. The number of carboxylic acids is 1. The lowest BCUT2D eigenvalue weighted by Gasteiger charge is -2.06. The van der Waals surface area contributed by atoms with Crippen molar-refractivity contribution in [2.75, 3.05) is 5.75 Å². The molecule has 2 rings (SSSR count). The lowest BCUT2D eigenvalue weighted by Crippen LogP contribution is -2.24. The first-order chi connectivity index (χ1) is 10.1. The molecule has 6 heteroatoms. The van der Waals surface area contributed by atoms with E-state index in [4.69, 9.17) is 5.11 Å². The summed E-state index contributed by atoms with van der Waals surface area (Å²) in [7, 11) is 0. The van der Waals surface area contributed by atoms with Gasteiger partial charge in [0.05, 0.1) is 17.9 Å². The molecule has 2 aromatic rings. The second-order valence-electron chi connectivity index (χ2n) is 4.43. The first-order valence-electron chi connectivity index (χ1n) is 6.32. The van der Waals surface area contributed by atoms with Gasteiger partial charge in [0.25, 0.3) is 0 Å². The largest absolute Gasteiger partial charge is 0.478 e. The fourth-order valence-electron chi connectivity index (χ4n) is 1.72. The number of rotatable bonds is 6. The Kier molecular flexibility index (Phi) is 5.41. The van der Waals surface area contributed by atoms with E-state index in [1.807, 2.05) is 23.6 Å². The summed E-state index contributed by atoms with van der Waals surface area (Å²) in [4.78, 5) is 24.7. The van der Waals surface area contributed by atoms with Gasteiger partial charge in [0, 0.05) is 9.77 Å². The van der Waals surface area contributed by atoms with Crippen LogP contribution in [0, 0.1) is 6.92 Å². The Labute approximate surface area is 131 Å². The second-order valence-corrected chi connectivity index (χ2v) is 6.51. The highest BCUT2D eigenvalue weighted by atomic mass is 32.2. The van der Waals surface area contributed by atoms with Crippen molar-refractivity contribution in [3.05, 3.63) is 51.7 Å². The van der Waals surface area contributed by atoms with E-state index in [-0.39, 0.29) is 17.2 Å². The van der Waals surface area contributed by atoms with Crippen LogP contribution in [0.25, 0.3) is 0 Å². The summed E-state index contributed by atoms with van der Waals surface area (Å²) in [5.74, 6) is -0.740. The van der Waals surface area contributed by atoms with Crippen LogP contribution in [0.5, 0.6) is 0 Å². The molecule has 0 bridgehead atoms. The van der Waals surface area contributed by atoms with E-state index in [2.05, 4.69) is 5.32 Å². The molecule has 0 spiro atoms. The van der Waals surface area contributed by atoms with E-state index >= 15 is 0 Å². The maximum atomic E-state index is 11.8. The number of aryl methyl sites for hydroxylation is 1. The number of carbonyl (C=O) groups excluding carboxylic acids is 1. The summed E-state index contributed by atoms with van der Waals surface area (Å²) in [5.41, 5.74) is 0.994. The molecule has 0 unspecified atom stereocenters. The van der Waals surface area contributed by atoms with Gasteiger partial charge in [0.1, 0.15) is 0 Å². The zero-order chi connectivity index (χ0) is 15.2. The molecule has 0 aliphatic heterocycles. The number of thioether (sulfide) groups is 1. The number of carboxylic acid groups (broad SMARTS) is 1. The SMILES string of the molecule is Cc1ccc(SCC(=O)NCc2cccs2)cc1C(=O)O. The molecule has 0 atom stereocenters. The molecule has 2 N–H and O–H groups in total. The third-order valence-corrected chi connectivity index (χ3v) is 4.72. The molecule has 21 heavy (non-hydrogen) atoms. The average molecular weight is 321 g/mol. The summed E-state index contributed by atoms with van der Waals surface area (Å²) >= 11 is 2.93. The van der Waals surface area contributed by atoms with Crippen LogP contribution in [-0.4, -0.2) is 22.7 Å². The van der Waals surface area contributed by atoms with E-state index in [9.17, 15) is 9.59 Å². The van der Waals surface area contributed by atoms with Crippen molar-refractivity contribution in [2.45, 2.75) is 18.4 Å². The highest BCUT2D eigenvalue weighted by Crippen LogP contribution is 2.21. The number of hydrogen-bond donors (Lipinski definition) is 2. The number of hydrogen-bond acceptors (Lipinski definition) is 4. The predicted octanol–water partition coefficient (Wildman–Crippen LogP) is 3.16. The van der Waals surface area contributed by atoms with Crippen LogP contribution in [-0.2, 0) is 11.3 Å². The zero-order valence-electron chi connectivity index (χ0n) is 11.5. The first-order valence-corrected chi connectivity index (χ1v) is 8.18. The van der Waals surface area contributed by atoms with Crippen molar-refractivity contribution in [3.63, 3.8) is 0 Å². The minimum atomic E-state index is -0.947. The monoisotopic (exact) mass is 321 g/mol. The minimum Gasteiger partial charge on any atom is -0.478 e. The Balaban J connectivity index is 1.86. The van der Waals surface area contributed by atoms with Crippen LogP contribution in [0.2, 0.25) is 0 Å². The fourth-order valence-corrected chi connectivity index (χ4v) is 3.13. The Morgan fingerprint density at radius 2 is 2.14 bits per heavy atom. The van der Waals surface area contributed by atoms with Gasteiger partial charge in [-0.3, -0.25) is 4.79 Å². The van der Waals surface area contributed by atoms with Crippen molar-refractivity contribution < 1.29 is 14.7 Å². The Morgan fingerprint density at radius 3 is 2.81 bits per heavy atom. The Hall–Kier alpha value is -1.79. The molecule has 110 valence electrons. The molecule has 1 aromatic carbocycles. The van der Waals surface area contributed by atoms with Crippen LogP contribution < -0.4 is 5.32 Å². The second kappa shape index (κ2) is 7.28. The third kappa shape index (κ3) is 4.61. The third-order valence-electron chi connectivity index (χ3n) is 2.85. The maximum Gasteiger partial charge on any atom is 0.335 e. The van der Waals surface area contributed by atoms with Crippen LogP contribution in [0.1, 0.15) is 20.8 Å². The van der Waals surface area contributed by atoms with Gasteiger partial charge in [-0.25, -0.2) is 4.79 Å². The number of nitrogens with one attached hydrogen (secondary N) is 1. The van der Waals surface area contributed by atoms with Gasteiger partial charge in [0.15, 0.2) is 0 Å². The summed E-state index contributed by atoms with van der Waals surface area (Å²) in [5, 5.41) is 13.9. The van der Waals surface area contributed by atoms with E-state index in [0.717, 1.165) is 9.77 Å². The number of benzene rings is 1. The van der Waals surface area contributed by atoms with Crippen molar-refractivity contribution in [1.29, 1.82) is 0 Å². The number of amides is 1. The molecule has 0 fully saturated rings. The Morgan fingerprint density at radius 1 is 1.33 bits per heavy atom. The molecule has 1 aromatic heterocycles. The highest BCUT2D eigenvalue weighted by molar-refractivity contribution is 8.00. The molecule has 0 saturated heterocycles. The van der Waals surface area contributed by atoms with Crippen molar-refractivity contribution in [1.82, 2.24) is 5.32 Å². The number of aromatic carboxylic acids is 1. The Bertz CT molecular complexity index is 638. The van der Waals surface area contributed by atoms with Crippen LogP contribution in [0.3, 0.4) is 0 Å². The van der Waals surface area contributed by atoms with Gasteiger partial charge in [-0.15, -0.1) is 23.1 Å². The standard InChI is InChI=1S/C15H15NO3S2/c1-10-4-5-11(7-13(10)15(18)19)21-9-14(17)16-8-12-3-2-6-20-12/h2-7H,8-9H2,1H3,(H,16,17)(H,18,19). The molecule has 1 heterocycles. The predicted molar refractivity (Wildman–Crippen MR) is 85.0 cm³/mol. The molecular formula is C15H15NO3S2. The molecule has 0 radical (unpaired) electrons. The van der Waals surface area contributed by atoms with Gasteiger partial charge < -0.3 is 10.4 Å². The summed E-state index contributed by atoms with van der Waals surface area (Å²) in [6.07, 6.45) is 0. The molecule has 0 saturated carbocycles. The normalized spacial score (nSPS) is 10.3. The summed E-state index contributed by atoms with van der Waals surface area (Å²) < 4.78 is 0. The lowest BCUT2D eigenvalue weighted by molar-refractivity contribution is -0.118. The highest BCUT2D eigenvalue weighted by Gasteiger charge is 2.09. The summed E-state index contributed by atoms with van der Waals surface area (Å²) in [6, 6.07) is 9.11. The zero-order valence-corrected chi connectivity index (χ0v) is 13.1. The van der Waals surface area contributed by atoms with Crippen molar-refractivity contribution in [3.8, 4) is 0 Å². The molecule has 1 amide bonds. The van der Waals surface area contributed by atoms with Gasteiger partial charge in [-0.2, -0.15) is 0 Å². The fraction of sp³-hybridized carbons (Fsp3) is 0.200. The molecular weight excluding hydrogens is 306 g/mol. The van der Waals surface area contributed by atoms with Gasteiger partial charge in [-0.1, -0.05) is 12.1 Å². The first kappa shape index (κ1) is 15.6. The van der Waals surface area contributed by atoms with E-state index in [1.165, 1.54) is 11.8 Å². The smallest absolute Gasteiger partial charge is 0.335 e. The van der Waals surface area contributed by atoms with Crippen molar-refractivity contribution in [2.24, 2.45) is 0 Å². The van der Waals surface area contributed by atoms with Crippen LogP contribution >= 0.6 is 23.1 Å². The van der Waals surface area contributed by atoms with Gasteiger partial charge in [0.2, 0.25) is 5.91 Å². The van der Waals surface area contributed by atoms with Crippen molar-refractivity contribution >= 4 is 35.0 Å². The quantitative estimate of drug-likeness (QED) is 0.802. The number of thiophene rings is 1. The topological polar surface area (TPSA) is 66.4 Å². The van der Waals surface area contributed by atoms with E-state index in [0.29, 0.717) is 12.1 Å². The van der Waals surface area contributed by atoms with E-state index in [1.54, 1.807) is 30.4 Å². The molecule has 4 nitrogen and oxygen atoms in total.